The van der Waals surface area contributed by atoms with E-state index in [0.29, 0.717) is 14.9 Å². The number of amides is 1. The molecule has 138 valence electrons. The molecule has 3 aromatic rings. The van der Waals surface area contributed by atoms with E-state index in [1.165, 1.54) is 11.6 Å². The number of para-hydroxylation sites is 1. The van der Waals surface area contributed by atoms with Crippen molar-refractivity contribution in [3.8, 4) is 11.8 Å². The van der Waals surface area contributed by atoms with Gasteiger partial charge in [-0.25, -0.2) is 0 Å². The average molecular weight is 387 g/mol. The number of hydrogen-bond acceptors (Lipinski definition) is 4. The van der Waals surface area contributed by atoms with Crippen molar-refractivity contribution in [1.82, 2.24) is 9.88 Å². The van der Waals surface area contributed by atoms with Crippen LogP contribution in [0.5, 0.6) is 0 Å². The molecule has 0 saturated heterocycles. The third kappa shape index (κ3) is 4.00. The predicted molar refractivity (Wildman–Crippen MR) is 112 cm³/mol. The Morgan fingerprint density at radius 3 is 2.36 bits per heavy atom. The minimum atomic E-state index is -0.528. The fourth-order valence-electron chi connectivity index (χ4n) is 2.61. The van der Waals surface area contributed by atoms with E-state index in [0.717, 1.165) is 16.9 Å². The summed E-state index contributed by atoms with van der Waals surface area (Å²) < 4.78 is 2.14. The average Bonchev–Trinajstić information content (AvgIpc) is 3.06. The van der Waals surface area contributed by atoms with Gasteiger partial charge in [0.25, 0.3) is 11.5 Å². The molecular formula is C22H17N3O2S. The Balaban J connectivity index is 2.25. The van der Waals surface area contributed by atoms with Crippen molar-refractivity contribution in [3.63, 3.8) is 0 Å². The summed E-state index contributed by atoms with van der Waals surface area (Å²) in [6.07, 6.45) is 5.37. The smallest absolute Gasteiger partial charge is 0.273 e. The van der Waals surface area contributed by atoms with Crippen LogP contribution in [0.3, 0.4) is 0 Å². The maximum atomic E-state index is 13.0. The number of benzene rings is 2. The van der Waals surface area contributed by atoms with Crippen molar-refractivity contribution in [2.45, 2.75) is 0 Å². The highest BCUT2D eigenvalue weighted by molar-refractivity contribution is 7.07. The highest BCUT2D eigenvalue weighted by Crippen LogP contribution is 2.04. The second kappa shape index (κ2) is 8.80. The standard InChI is InChI=1S/C22H17N3O2S/c1-24-20(26)18(15-23)22-25(17-12-6-3-7-13-17)21(27)19(28-22)14-8-11-16-9-4-2-5-10-16/h2-14H,1H3,(H,24,26)/b11-8+,19-14-,22-18-. The van der Waals surface area contributed by atoms with E-state index in [-0.39, 0.29) is 11.1 Å². The van der Waals surface area contributed by atoms with E-state index in [4.69, 9.17) is 0 Å². The number of rotatable bonds is 4. The van der Waals surface area contributed by atoms with Crippen molar-refractivity contribution >= 4 is 35.0 Å². The van der Waals surface area contributed by atoms with E-state index in [9.17, 15) is 14.9 Å². The maximum absolute atomic E-state index is 13.0. The van der Waals surface area contributed by atoms with Crippen molar-refractivity contribution in [3.05, 3.63) is 91.9 Å². The van der Waals surface area contributed by atoms with Crippen molar-refractivity contribution in [2.75, 3.05) is 7.05 Å². The van der Waals surface area contributed by atoms with E-state index in [1.807, 2.05) is 48.5 Å². The Morgan fingerprint density at radius 1 is 1.11 bits per heavy atom. The van der Waals surface area contributed by atoms with Gasteiger partial charge in [-0.15, -0.1) is 11.3 Å². The highest BCUT2D eigenvalue weighted by Gasteiger charge is 2.15. The monoisotopic (exact) mass is 387 g/mol. The molecule has 0 spiro atoms. The highest BCUT2D eigenvalue weighted by atomic mass is 32.1. The van der Waals surface area contributed by atoms with Crippen molar-refractivity contribution in [2.24, 2.45) is 0 Å². The number of carbonyl (C=O) groups excluding carboxylic acids is 1. The Bertz CT molecular complexity index is 1230. The lowest BCUT2D eigenvalue weighted by Gasteiger charge is -2.02. The lowest BCUT2D eigenvalue weighted by atomic mass is 10.2. The fourth-order valence-corrected chi connectivity index (χ4v) is 3.66. The molecule has 0 bridgehead atoms. The lowest BCUT2D eigenvalue weighted by Crippen LogP contribution is -2.32. The number of aromatic nitrogens is 1. The molecule has 0 saturated carbocycles. The zero-order valence-corrected chi connectivity index (χ0v) is 15.9. The van der Waals surface area contributed by atoms with Gasteiger partial charge in [-0.2, -0.15) is 5.26 Å². The largest absolute Gasteiger partial charge is 0.354 e. The summed E-state index contributed by atoms with van der Waals surface area (Å²) in [5.74, 6) is -0.528. The van der Waals surface area contributed by atoms with Crippen LogP contribution in [0.1, 0.15) is 5.56 Å². The minimum Gasteiger partial charge on any atom is -0.354 e. The summed E-state index contributed by atoms with van der Waals surface area (Å²) in [5.41, 5.74) is 1.23. The van der Waals surface area contributed by atoms with Crippen LogP contribution in [0, 0.1) is 11.3 Å². The van der Waals surface area contributed by atoms with Crippen molar-refractivity contribution < 1.29 is 4.79 Å². The van der Waals surface area contributed by atoms with Gasteiger partial charge in [-0.1, -0.05) is 60.7 Å². The number of nitrogens with one attached hydrogen (secondary N) is 1. The molecule has 1 N–H and O–H groups in total. The predicted octanol–water partition coefficient (Wildman–Crippen LogP) is 1.81. The van der Waals surface area contributed by atoms with Gasteiger partial charge in [-0.05, 0) is 23.8 Å². The third-order valence-electron chi connectivity index (χ3n) is 3.95. The first kappa shape index (κ1) is 19.1. The molecule has 0 aliphatic heterocycles. The fraction of sp³-hybridized carbons (Fsp3) is 0.0455. The number of hydrogen-bond donors (Lipinski definition) is 1. The van der Waals surface area contributed by atoms with Crippen LogP contribution in [-0.4, -0.2) is 17.5 Å². The minimum absolute atomic E-state index is 0.0971. The molecular weight excluding hydrogens is 370 g/mol. The van der Waals surface area contributed by atoms with Gasteiger partial charge in [0.15, 0.2) is 5.57 Å². The van der Waals surface area contributed by atoms with E-state index < -0.39 is 5.91 Å². The van der Waals surface area contributed by atoms with Crippen LogP contribution in [0.15, 0.2) is 71.5 Å². The maximum Gasteiger partial charge on any atom is 0.273 e. The van der Waals surface area contributed by atoms with Gasteiger partial charge in [0.05, 0.1) is 10.2 Å². The molecule has 0 aliphatic rings. The van der Waals surface area contributed by atoms with E-state index >= 15 is 0 Å². The van der Waals surface area contributed by atoms with Crippen LogP contribution >= 0.6 is 11.3 Å². The zero-order chi connectivity index (χ0) is 19.9. The van der Waals surface area contributed by atoms with Gasteiger partial charge in [0.1, 0.15) is 10.7 Å². The number of nitrogens with zero attached hydrogens (tertiary/aromatic N) is 2. The Morgan fingerprint density at radius 2 is 1.75 bits per heavy atom. The normalized spacial score (nSPS) is 12.6. The van der Waals surface area contributed by atoms with Crippen LogP contribution in [0.4, 0.5) is 0 Å². The van der Waals surface area contributed by atoms with Gasteiger partial charge < -0.3 is 5.32 Å². The summed E-state index contributed by atoms with van der Waals surface area (Å²) in [4.78, 5) is 25.2. The molecule has 0 aliphatic carbocycles. The van der Waals surface area contributed by atoms with Gasteiger partial charge in [0, 0.05) is 7.05 Å². The molecule has 6 heteroatoms. The summed E-state index contributed by atoms with van der Waals surface area (Å²) in [6, 6.07) is 20.6. The second-order valence-electron chi connectivity index (χ2n) is 5.75. The van der Waals surface area contributed by atoms with Gasteiger partial charge in [0.2, 0.25) is 0 Å². The Hall–Kier alpha value is -3.69. The first-order valence-electron chi connectivity index (χ1n) is 8.53. The molecule has 1 heterocycles. The molecule has 0 fully saturated rings. The molecule has 1 aromatic heterocycles. The van der Waals surface area contributed by atoms with Crippen LogP contribution in [-0.2, 0) is 4.79 Å². The first-order chi connectivity index (χ1) is 13.7. The van der Waals surface area contributed by atoms with E-state index in [1.54, 1.807) is 36.4 Å². The number of carbonyl (C=O) groups is 1. The molecule has 3 rings (SSSR count). The summed E-state index contributed by atoms with van der Waals surface area (Å²) in [7, 11) is 1.45. The Labute approximate surface area is 165 Å². The summed E-state index contributed by atoms with van der Waals surface area (Å²) in [6.45, 7) is 0. The van der Waals surface area contributed by atoms with Crippen LogP contribution in [0.25, 0.3) is 23.4 Å². The lowest BCUT2D eigenvalue weighted by molar-refractivity contribution is -0.115. The van der Waals surface area contributed by atoms with Gasteiger partial charge in [-0.3, -0.25) is 14.2 Å². The quantitative estimate of drug-likeness (QED) is 0.742. The number of thiazole rings is 1. The molecule has 0 atom stereocenters. The Kier molecular flexibility index (Phi) is 6.00. The van der Waals surface area contributed by atoms with Crippen molar-refractivity contribution in [1.29, 1.82) is 5.26 Å². The zero-order valence-electron chi connectivity index (χ0n) is 15.1. The molecule has 0 unspecified atom stereocenters. The first-order valence-corrected chi connectivity index (χ1v) is 9.34. The summed E-state index contributed by atoms with van der Waals surface area (Å²) in [5, 5.41) is 12.0. The summed E-state index contributed by atoms with van der Waals surface area (Å²) >= 11 is 1.12. The van der Waals surface area contributed by atoms with Crippen LogP contribution in [0.2, 0.25) is 0 Å². The SMILES string of the molecule is CNC(=O)/C(C#N)=c1\s/c(=C\C=C\c2ccccc2)c(=O)n1-c1ccccc1. The molecule has 28 heavy (non-hydrogen) atoms. The number of nitriles is 1. The third-order valence-corrected chi connectivity index (χ3v) is 5.06. The van der Waals surface area contributed by atoms with Gasteiger partial charge >= 0.3 is 0 Å². The molecule has 1 amide bonds. The van der Waals surface area contributed by atoms with E-state index in [2.05, 4.69) is 5.32 Å². The van der Waals surface area contributed by atoms with Crippen LogP contribution < -0.4 is 20.1 Å². The number of allylic oxidation sites excluding steroid dienone is 1. The molecule has 0 radical (unpaired) electrons. The molecule has 2 aromatic carbocycles. The topological polar surface area (TPSA) is 74.9 Å². The second-order valence-corrected chi connectivity index (χ2v) is 6.78. The molecule has 5 nitrogen and oxygen atoms in total.